The van der Waals surface area contributed by atoms with Crippen molar-refractivity contribution in [2.75, 3.05) is 4.72 Å². The number of carbonyl (C=O) groups is 1. The minimum atomic E-state index is -4.06. The first-order valence-corrected chi connectivity index (χ1v) is 12.0. The third-order valence-corrected chi connectivity index (χ3v) is 6.51. The summed E-state index contributed by atoms with van der Waals surface area (Å²) in [5, 5.41) is 13.9. The molecular weight excluding hydrogens is 468 g/mol. The number of benzene rings is 3. The number of nitro benzene ring substituents is 1. The molecule has 0 aliphatic rings. The number of non-ortho nitro benzene ring substituents is 1. The number of nitro groups is 1. The van der Waals surface area contributed by atoms with E-state index in [1.54, 1.807) is 12.3 Å². The minimum absolute atomic E-state index is 0.206. The first-order valence-electron chi connectivity index (χ1n) is 10.5. The van der Waals surface area contributed by atoms with Gasteiger partial charge in [0.15, 0.2) is 0 Å². The van der Waals surface area contributed by atoms with E-state index in [1.807, 2.05) is 42.5 Å². The molecule has 1 heterocycles. The predicted molar refractivity (Wildman–Crippen MR) is 130 cm³/mol. The molecule has 0 bridgehead atoms. The molecule has 1 amide bonds. The maximum absolute atomic E-state index is 13.0. The Morgan fingerprint density at radius 1 is 0.886 bits per heavy atom. The summed E-state index contributed by atoms with van der Waals surface area (Å²) in [6.45, 7) is 0. The highest BCUT2D eigenvalue weighted by molar-refractivity contribution is 7.92. The number of rotatable bonds is 8. The number of pyridine rings is 1. The van der Waals surface area contributed by atoms with Crippen LogP contribution in [0, 0.1) is 10.1 Å². The van der Waals surface area contributed by atoms with Gasteiger partial charge in [-0.05, 0) is 48.0 Å². The number of hydrogen-bond donors (Lipinski definition) is 2. The fourth-order valence-corrected chi connectivity index (χ4v) is 4.50. The van der Waals surface area contributed by atoms with Crippen molar-refractivity contribution in [3.8, 4) is 0 Å². The normalized spacial score (nSPS) is 11.9. The molecule has 0 radical (unpaired) electrons. The third-order valence-electron chi connectivity index (χ3n) is 5.13. The average molecular weight is 489 g/mol. The van der Waals surface area contributed by atoms with E-state index in [1.165, 1.54) is 42.5 Å². The van der Waals surface area contributed by atoms with Crippen LogP contribution in [-0.4, -0.2) is 24.2 Å². The summed E-state index contributed by atoms with van der Waals surface area (Å²) in [6.07, 6.45) is 1.65. The Labute approximate surface area is 201 Å². The Morgan fingerprint density at radius 2 is 1.60 bits per heavy atom. The number of nitrogens with one attached hydrogen (secondary N) is 2. The van der Waals surface area contributed by atoms with Gasteiger partial charge in [-0.1, -0.05) is 42.5 Å². The standard InChI is InChI=1S/C25H20N4O5S/c30-25(27-24(18-7-2-1-3-8-18)23-11-4-5-16-26-23)19-12-14-20(15-13-19)28-35(33,34)22-10-6-9-21(17-22)29(31)32/h1-17,24,28H,(H,27,30). The summed E-state index contributed by atoms with van der Waals surface area (Å²) in [7, 11) is -4.06. The zero-order valence-electron chi connectivity index (χ0n) is 18.2. The molecule has 0 saturated heterocycles. The Balaban J connectivity index is 1.51. The molecule has 35 heavy (non-hydrogen) atoms. The van der Waals surface area contributed by atoms with Crippen molar-refractivity contribution in [1.29, 1.82) is 0 Å². The largest absolute Gasteiger partial charge is 0.340 e. The average Bonchev–Trinajstić information content (AvgIpc) is 2.88. The van der Waals surface area contributed by atoms with E-state index in [0.717, 1.165) is 11.6 Å². The molecule has 1 unspecified atom stereocenters. The van der Waals surface area contributed by atoms with Crippen LogP contribution in [0.2, 0.25) is 0 Å². The van der Waals surface area contributed by atoms with Crippen LogP contribution < -0.4 is 10.0 Å². The van der Waals surface area contributed by atoms with Gasteiger partial charge in [0.25, 0.3) is 21.6 Å². The summed E-state index contributed by atoms with van der Waals surface area (Å²) in [5.74, 6) is -0.363. The molecule has 2 N–H and O–H groups in total. The molecule has 0 saturated carbocycles. The van der Waals surface area contributed by atoms with E-state index in [9.17, 15) is 23.3 Å². The van der Waals surface area contributed by atoms with Crippen LogP contribution in [0.1, 0.15) is 27.7 Å². The van der Waals surface area contributed by atoms with Gasteiger partial charge in [0.05, 0.1) is 21.6 Å². The van der Waals surface area contributed by atoms with E-state index >= 15 is 0 Å². The maximum atomic E-state index is 13.0. The number of amides is 1. The maximum Gasteiger partial charge on any atom is 0.270 e. The number of anilines is 1. The topological polar surface area (TPSA) is 131 Å². The second-order valence-corrected chi connectivity index (χ2v) is 9.19. The van der Waals surface area contributed by atoms with E-state index < -0.39 is 21.0 Å². The van der Waals surface area contributed by atoms with Crippen molar-refractivity contribution >= 4 is 27.3 Å². The van der Waals surface area contributed by atoms with Gasteiger partial charge in [-0.25, -0.2) is 8.42 Å². The van der Waals surface area contributed by atoms with Gasteiger partial charge in [-0.2, -0.15) is 0 Å². The summed E-state index contributed by atoms with van der Waals surface area (Å²) in [5.41, 5.74) is 1.73. The molecule has 0 aliphatic carbocycles. The SMILES string of the molecule is O=C(NC(c1ccccc1)c1ccccn1)c1ccc(NS(=O)(=O)c2cccc([N+](=O)[O-])c2)cc1. The van der Waals surface area contributed by atoms with Gasteiger partial charge < -0.3 is 5.32 Å². The molecular formula is C25H20N4O5S. The first-order chi connectivity index (χ1) is 16.8. The number of nitrogens with zero attached hydrogens (tertiary/aromatic N) is 2. The van der Waals surface area contributed by atoms with Gasteiger partial charge in [0, 0.05) is 29.6 Å². The molecule has 176 valence electrons. The Bertz CT molecular complexity index is 1400. The molecule has 1 atom stereocenters. The Hall–Kier alpha value is -4.57. The third kappa shape index (κ3) is 5.68. The second-order valence-electron chi connectivity index (χ2n) is 7.51. The van der Waals surface area contributed by atoms with Crippen molar-refractivity contribution in [2.24, 2.45) is 0 Å². The zero-order chi connectivity index (χ0) is 24.8. The van der Waals surface area contributed by atoms with Crippen LogP contribution in [0.15, 0.2) is 108 Å². The number of hydrogen-bond acceptors (Lipinski definition) is 6. The van der Waals surface area contributed by atoms with Crippen LogP contribution >= 0.6 is 0 Å². The summed E-state index contributed by atoms with van der Waals surface area (Å²) in [6, 6.07) is 25.0. The van der Waals surface area contributed by atoms with E-state index in [0.29, 0.717) is 11.3 Å². The molecule has 4 rings (SSSR count). The van der Waals surface area contributed by atoms with Gasteiger partial charge in [-0.15, -0.1) is 0 Å². The molecule has 0 fully saturated rings. The van der Waals surface area contributed by atoms with Crippen molar-refractivity contribution in [1.82, 2.24) is 10.3 Å². The summed E-state index contributed by atoms with van der Waals surface area (Å²) < 4.78 is 27.6. The van der Waals surface area contributed by atoms with Crippen molar-refractivity contribution in [3.63, 3.8) is 0 Å². The monoisotopic (exact) mass is 488 g/mol. The molecule has 9 nitrogen and oxygen atoms in total. The predicted octanol–water partition coefficient (Wildman–Crippen LogP) is 4.31. The number of carbonyl (C=O) groups excluding carboxylic acids is 1. The minimum Gasteiger partial charge on any atom is -0.340 e. The highest BCUT2D eigenvalue weighted by Crippen LogP contribution is 2.23. The van der Waals surface area contributed by atoms with Crippen LogP contribution in [0.4, 0.5) is 11.4 Å². The lowest BCUT2D eigenvalue weighted by atomic mass is 10.0. The first kappa shape index (κ1) is 23.6. The molecule has 3 aromatic carbocycles. The number of sulfonamides is 1. The van der Waals surface area contributed by atoms with Crippen molar-refractivity contribution in [3.05, 3.63) is 130 Å². The Morgan fingerprint density at radius 3 is 2.26 bits per heavy atom. The Kier molecular flexibility index (Phi) is 6.83. The molecule has 10 heteroatoms. The van der Waals surface area contributed by atoms with Crippen molar-refractivity contribution < 1.29 is 18.1 Å². The lowest BCUT2D eigenvalue weighted by Gasteiger charge is -2.19. The molecule has 0 spiro atoms. The fraction of sp³-hybridized carbons (Fsp3) is 0.0400. The van der Waals surface area contributed by atoms with E-state index in [2.05, 4.69) is 15.0 Å². The van der Waals surface area contributed by atoms with Gasteiger partial charge >= 0.3 is 0 Å². The van der Waals surface area contributed by atoms with Crippen LogP contribution in [-0.2, 0) is 10.0 Å². The molecule has 4 aromatic rings. The lowest BCUT2D eigenvalue weighted by Crippen LogP contribution is -2.29. The van der Waals surface area contributed by atoms with Gasteiger partial charge in [0.1, 0.15) is 0 Å². The van der Waals surface area contributed by atoms with Crippen LogP contribution in [0.3, 0.4) is 0 Å². The smallest absolute Gasteiger partial charge is 0.270 e. The van der Waals surface area contributed by atoms with E-state index in [-0.39, 0.29) is 22.2 Å². The highest BCUT2D eigenvalue weighted by atomic mass is 32.2. The second kappa shape index (κ2) is 10.1. The summed E-state index contributed by atoms with van der Waals surface area (Å²) >= 11 is 0. The van der Waals surface area contributed by atoms with Gasteiger partial charge in [0.2, 0.25) is 0 Å². The van der Waals surface area contributed by atoms with Crippen molar-refractivity contribution in [2.45, 2.75) is 10.9 Å². The van der Waals surface area contributed by atoms with E-state index in [4.69, 9.17) is 0 Å². The van der Waals surface area contributed by atoms with Crippen LogP contribution in [0.5, 0.6) is 0 Å². The highest BCUT2D eigenvalue weighted by Gasteiger charge is 2.20. The fourth-order valence-electron chi connectivity index (χ4n) is 3.40. The van der Waals surface area contributed by atoms with Crippen LogP contribution in [0.25, 0.3) is 0 Å². The zero-order valence-corrected chi connectivity index (χ0v) is 19.1. The molecule has 1 aromatic heterocycles. The quantitative estimate of drug-likeness (QED) is 0.281. The number of aromatic nitrogens is 1. The lowest BCUT2D eigenvalue weighted by molar-refractivity contribution is -0.385. The summed E-state index contributed by atoms with van der Waals surface area (Å²) in [4.78, 5) is 27.4. The van der Waals surface area contributed by atoms with Gasteiger partial charge in [-0.3, -0.25) is 24.6 Å². The molecule has 0 aliphatic heterocycles.